The molecule has 1 aliphatic carbocycles. The van der Waals surface area contributed by atoms with Crippen LogP contribution in [0.5, 0.6) is 5.75 Å². The number of hydrogen-bond donors (Lipinski definition) is 1. The van der Waals surface area contributed by atoms with Gasteiger partial charge in [0.25, 0.3) is 0 Å². The van der Waals surface area contributed by atoms with Gasteiger partial charge in [-0.2, -0.15) is 0 Å². The van der Waals surface area contributed by atoms with E-state index in [4.69, 9.17) is 4.74 Å². The van der Waals surface area contributed by atoms with Gasteiger partial charge >= 0.3 is 0 Å². The van der Waals surface area contributed by atoms with Crippen LogP contribution in [0.15, 0.2) is 84.9 Å². The number of methoxy groups -OCH3 is 1. The summed E-state index contributed by atoms with van der Waals surface area (Å²) in [6.07, 6.45) is 3.41. The van der Waals surface area contributed by atoms with Gasteiger partial charge < -0.3 is 15.0 Å². The molecule has 0 spiro atoms. The predicted octanol–water partition coefficient (Wildman–Crippen LogP) is 5.22. The molecule has 5 nitrogen and oxygen atoms in total. The molecule has 1 aliphatic rings. The van der Waals surface area contributed by atoms with Gasteiger partial charge in [-0.05, 0) is 48.2 Å². The molecule has 170 valence electrons. The van der Waals surface area contributed by atoms with Crippen molar-refractivity contribution in [1.82, 2.24) is 4.90 Å². The molecule has 3 aromatic carbocycles. The molecule has 2 amide bonds. The van der Waals surface area contributed by atoms with Gasteiger partial charge in [0.1, 0.15) is 11.3 Å². The summed E-state index contributed by atoms with van der Waals surface area (Å²) in [4.78, 5) is 29.2. The summed E-state index contributed by atoms with van der Waals surface area (Å²) in [6, 6.07) is 26.9. The minimum Gasteiger partial charge on any atom is -0.497 e. The van der Waals surface area contributed by atoms with Gasteiger partial charge in [0.05, 0.1) is 13.5 Å². The Kier molecular flexibility index (Phi) is 7.08. The van der Waals surface area contributed by atoms with Crippen molar-refractivity contribution in [2.24, 2.45) is 0 Å². The quantitative estimate of drug-likeness (QED) is 0.520. The molecule has 3 aromatic rings. The van der Waals surface area contributed by atoms with E-state index in [0.29, 0.717) is 25.1 Å². The Bertz CT molecular complexity index is 1060. The zero-order valence-corrected chi connectivity index (χ0v) is 19.0. The van der Waals surface area contributed by atoms with Crippen LogP contribution in [0.4, 0.5) is 5.69 Å². The Morgan fingerprint density at radius 1 is 0.848 bits per heavy atom. The van der Waals surface area contributed by atoms with E-state index in [1.807, 2.05) is 89.8 Å². The standard InChI is InChI=1S/C28H30N2O3/c1-33-25-16-14-24(15-17-25)29-27(32)28(18-8-9-19-28)30(21-23-12-6-3-7-13-23)26(31)20-22-10-4-2-5-11-22/h2-7,10-17H,8-9,18-21H2,1H3,(H,29,32). The highest BCUT2D eigenvalue weighted by molar-refractivity contribution is 6.01. The second kappa shape index (κ2) is 10.3. The number of carbonyl (C=O) groups is 2. The Labute approximate surface area is 195 Å². The summed E-state index contributed by atoms with van der Waals surface area (Å²) in [5.41, 5.74) is 1.79. The average Bonchev–Trinajstić information content (AvgIpc) is 3.35. The third kappa shape index (κ3) is 5.25. The van der Waals surface area contributed by atoms with Crippen LogP contribution in [0.25, 0.3) is 0 Å². The second-order valence-corrected chi connectivity index (χ2v) is 8.55. The molecule has 0 bridgehead atoms. The van der Waals surface area contributed by atoms with E-state index < -0.39 is 5.54 Å². The Morgan fingerprint density at radius 2 is 1.42 bits per heavy atom. The summed E-state index contributed by atoms with van der Waals surface area (Å²) in [5.74, 6) is 0.576. The smallest absolute Gasteiger partial charge is 0.250 e. The molecular formula is C28H30N2O3. The number of ether oxygens (including phenoxy) is 1. The maximum atomic E-state index is 13.7. The van der Waals surface area contributed by atoms with Crippen LogP contribution in [0.1, 0.15) is 36.8 Å². The monoisotopic (exact) mass is 442 g/mol. The van der Waals surface area contributed by atoms with E-state index in [-0.39, 0.29) is 18.2 Å². The molecular weight excluding hydrogens is 412 g/mol. The van der Waals surface area contributed by atoms with Crippen molar-refractivity contribution in [2.75, 3.05) is 12.4 Å². The molecule has 0 aromatic heterocycles. The lowest BCUT2D eigenvalue weighted by atomic mass is 9.91. The molecule has 0 radical (unpaired) electrons. The van der Waals surface area contributed by atoms with Gasteiger partial charge in [0.15, 0.2) is 0 Å². The van der Waals surface area contributed by atoms with E-state index in [2.05, 4.69) is 5.32 Å². The first kappa shape index (κ1) is 22.6. The summed E-state index contributed by atoms with van der Waals surface area (Å²) in [7, 11) is 1.61. The lowest BCUT2D eigenvalue weighted by molar-refractivity contribution is -0.145. The first-order valence-corrected chi connectivity index (χ1v) is 11.4. The number of anilines is 1. The van der Waals surface area contributed by atoms with Crippen LogP contribution in [-0.4, -0.2) is 29.4 Å². The molecule has 4 rings (SSSR count). The second-order valence-electron chi connectivity index (χ2n) is 8.55. The van der Waals surface area contributed by atoms with E-state index >= 15 is 0 Å². The van der Waals surface area contributed by atoms with Crippen LogP contribution in [0.3, 0.4) is 0 Å². The normalized spacial score (nSPS) is 14.5. The summed E-state index contributed by atoms with van der Waals surface area (Å²) >= 11 is 0. The minimum absolute atomic E-state index is 0.0307. The molecule has 0 heterocycles. The van der Waals surface area contributed by atoms with Gasteiger partial charge in [-0.25, -0.2) is 0 Å². The van der Waals surface area contributed by atoms with E-state index in [9.17, 15) is 9.59 Å². The van der Waals surface area contributed by atoms with Crippen LogP contribution >= 0.6 is 0 Å². The highest BCUT2D eigenvalue weighted by Crippen LogP contribution is 2.38. The summed E-state index contributed by atoms with van der Waals surface area (Å²) in [6.45, 7) is 0.405. The SMILES string of the molecule is COc1ccc(NC(=O)C2(N(Cc3ccccc3)C(=O)Cc3ccccc3)CCCC2)cc1. The maximum absolute atomic E-state index is 13.7. The van der Waals surface area contributed by atoms with Gasteiger partial charge in [-0.3, -0.25) is 9.59 Å². The molecule has 5 heteroatoms. The zero-order valence-electron chi connectivity index (χ0n) is 19.0. The van der Waals surface area contributed by atoms with Crippen molar-refractivity contribution in [3.8, 4) is 5.75 Å². The molecule has 1 saturated carbocycles. The van der Waals surface area contributed by atoms with Gasteiger partial charge in [-0.15, -0.1) is 0 Å². The molecule has 0 unspecified atom stereocenters. The molecule has 0 atom stereocenters. The Balaban J connectivity index is 1.64. The fourth-order valence-corrected chi connectivity index (χ4v) is 4.61. The lowest BCUT2D eigenvalue weighted by Crippen LogP contribution is -2.57. The first-order valence-electron chi connectivity index (χ1n) is 11.4. The van der Waals surface area contributed by atoms with Crippen molar-refractivity contribution in [3.05, 3.63) is 96.1 Å². The van der Waals surface area contributed by atoms with Gasteiger partial charge in [0.2, 0.25) is 11.8 Å². The Morgan fingerprint density at radius 3 is 2.00 bits per heavy atom. The van der Waals surface area contributed by atoms with E-state index in [1.165, 1.54) is 0 Å². The number of benzene rings is 3. The third-order valence-corrected chi connectivity index (χ3v) is 6.40. The van der Waals surface area contributed by atoms with Crippen molar-refractivity contribution in [3.63, 3.8) is 0 Å². The average molecular weight is 443 g/mol. The fourth-order valence-electron chi connectivity index (χ4n) is 4.61. The number of nitrogens with one attached hydrogen (secondary N) is 1. The zero-order chi connectivity index (χ0) is 23.1. The van der Waals surface area contributed by atoms with Crippen molar-refractivity contribution < 1.29 is 14.3 Å². The summed E-state index contributed by atoms with van der Waals surface area (Å²) < 4.78 is 5.22. The number of carbonyl (C=O) groups excluding carboxylic acids is 2. The lowest BCUT2D eigenvalue weighted by Gasteiger charge is -2.40. The number of hydrogen-bond acceptors (Lipinski definition) is 3. The molecule has 33 heavy (non-hydrogen) atoms. The number of amides is 2. The molecule has 1 N–H and O–H groups in total. The van der Waals surface area contributed by atoms with Crippen molar-refractivity contribution in [2.45, 2.75) is 44.2 Å². The molecule has 1 fully saturated rings. The van der Waals surface area contributed by atoms with Gasteiger partial charge in [-0.1, -0.05) is 73.5 Å². The van der Waals surface area contributed by atoms with Crippen LogP contribution < -0.4 is 10.1 Å². The highest BCUT2D eigenvalue weighted by Gasteiger charge is 2.48. The summed E-state index contributed by atoms with van der Waals surface area (Å²) in [5, 5.41) is 3.07. The van der Waals surface area contributed by atoms with E-state index in [0.717, 1.165) is 29.7 Å². The predicted molar refractivity (Wildman–Crippen MR) is 130 cm³/mol. The Hall–Kier alpha value is -3.60. The molecule has 0 aliphatic heterocycles. The fraction of sp³-hybridized carbons (Fsp3) is 0.286. The topological polar surface area (TPSA) is 58.6 Å². The number of rotatable bonds is 8. The molecule has 0 saturated heterocycles. The van der Waals surface area contributed by atoms with Crippen molar-refractivity contribution in [1.29, 1.82) is 0 Å². The van der Waals surface area contributed by atoms with Crippen LogP contribution in [0, 0.1) is 0 Å². The van der Waals surface area contributed by atoms with Crippen LogP contribution in [-0.2, 0) is 22.6 Å². The minimum atomic E-state index is -0.873. The highest BCUT2D eigenvalue weighted by atomic mass is 16.5. The maximum Gasteiger partial charge on any atom is 0.250 e. The number of nitrogens with zero attached hydrogens (tertiary/aromatic N) is 1. The largest absolute Gasteiger partial charge is 0.497 e. The van der Waals surface area contributed by atoms with Crippen LogP contribution in [0.2, 0.25) is 0 Å². The van der Waals surface area contributed by atoms with Crippen molar-refractivity contribution >= 4 is 17.5 Å². The van der Waals surface area contributed by atoms with Gasteiger partial charge in [0, 0.05) is 12.2 Å². The first-order chi connectivity index (χ1) is 16.1. The third-order valence-electron chi connectivity index (χ3n) is 6.40. The van der Waals surface area contributed by atoms with E-state index in [1.54, 1.807) is 7.11 Å².